The highest BCUT2D eigenvalue weighted by Gasteiger charge is 1.79. The van der Waals surface area contributed by atoms with Gasteiger partial charge in [0, 0.05) is 15.9 Å². The van der Waals surface area contributed by atoms with Crippen molar-refractivity contribution in [3.05, 3.63) is 0 Å². The minimum atomic E-state index is -1.90. The van der Waals surface area contributed by atoms with E-state index in [0.29, 0.717) is 5.75 Å². The van der Waals surface area contributed by atoms with E-state index in [1.54, 1.807) is 0 Å². The van der Waals surface area contributed by atoms with Crippen LogP contribution in [0.15, 0.2) is 0 Å². The Morgan fingerprint density at radius 1 is 1.86 bits per heavy atom. The van der Waals surface area contributed by atoms with Crippen molar-refractivity contribution >= 4 is 20.9 Å². The molecule has 1 atom stereocenters. The van der Waals surface area contributed by atoms with Gasteiger partial charge in [-0.25, -0.2) is 0 Å². The van der Waals surface area contributed by atoms with Crippen LogP contribution in [0.5, 0.6) is 0 Å². The average molecular weight is 139 g/mol. The molecule has 2 nitrogen and oxygen atoms in total. The zero-order valence-corrected chi connectivity index (χ0v) is 5.68. The van der Waals surface area contributed by atoms with Crippen LogP contribution < -0.4 is 0 Å². The van der Waals surface area contributed by atoms with Crippen LogP contribution in [0.2, 0.25) is 0 Å². The first-order valence-electron chi connectivity index (χ1n) is 2.00. The summed E-state index contributed by atoms with van der Waals surface area (Å²) in [4.78, 5) is 0. The van der Waals surface area contributed by atoms with Crippen molar-refractivity contribution < 1.29 is 8.76 Å². The van der Waals surface area contributed by atoms with E-state index in [-0.39, 0.29) is 0 Å². The van der Waals surface area contributed by atoms with E-state index in [1.807, 2.05) is 6.92 Å². The molecular weight excluding hydrogens is 132 g/mol. The Balaban J connectivity index is 2.82. The number of rotatable bonds is 3. The molecule has 0 bridgehead atoms. The Morgan fingerprint density at radius 3 is 2.57 bits per heavy atom. The van der Waals surface area contributed by atoms with Gasteiger partial charge in [0.15, 0.2) is 0 Å². The maximum Gasteiger partial charge on any atom is 0.00685 e. The highest BCUT2D eigenvalue weighted by Crippen LogP contribution is 2.03. The molecule has 0 aromatic heterocycles. The zero-order valence-electron chi connectivity index (χ0n) is 4.05. The standard InChI is InChI=1S/C3H8O2S2/c1-2-3-6-7(4)5/h2-3H2,1H3,(H,4,5)/p-1. The predicted octanol–water partition coefficient (Wildman–Crippen LogP) is 0.924. The van der Waals surface area contributed by atoms with E-state index < -0.39 is 10.1 Å². The maximum absolute atomic E-state index is 9.72. The minimum absolute atomic E-state index is 0.704. The van der Waals surface area contributed by atoms with E-state index in [1.165, 1.54) is 0 Å². The highest BCUT2D eigenvalue weighted by atomic mass is 33.1. The Labute approximate surface area is 49.4 Å². The molecule has 0 saturated carbocycles. The molecule has 1 unspecified atom stereocenters. The molecule has 0 heterocycles. The summed E-state index contributed by atoms with van der Waals surface area (Å²) < 4.78 is 19.4. The third-order valence-corrected chi connectivity index (χ3v) is 2.23. The second-order valence-corrected chi connectivity index (χ2v) is 3.60. The Morgan fingerprint density at radius 2 is 2.43 bits per heavy atom. The van der Waals surface area contributed by atoms with Crippen molar-refractivity contribution in [2.75, 3.05) is 5.75 Å². The molecule has 0 amide bonds. The summed E-state index contributed by atoms with van der Waals surface area (Å²) >= 11 is 0. The molecule has 0 spiro atoms. The van der Waals surface area contributed by atoms with E-state index in [4.69, 9.17) is 0 Å². The van der Waals surface area contributed by atoms with Crippen LogP contribution in [0.3, 0.4) is 0 Å². The van der Waals surface area contributed by atoms with E-state index in [2.05, 4.69) is 0 Å². The molecule has 0 rings (SSSR count). The van der Waals surface area contributed by atoms with Gasteiger partial charge < -0.3 is 4.55 Å². The minimum Gasteiger partial charge on any atom is -0.764 e. The number of hydrogen-bond acceptors (Lipinski definition) is 3. The van der Waals surface area contributed by atoms with Gasteiger partial charge in [-0.3, -0.25) is 4.21 Å². The summed E-state index contributed by atoms with van der Waals surface area (Å²) in [6.07, 6.45) is 0.915. The maximum atomic E-state index is 9.72. The fourth-order valence-corrected chi connectivity index (χ4v) is 1.36. The van der Waals surface area contributed by atoms with Crippen molar-refractivity contribution in [2.45, 2.75) is 13.3 Å². The highest BCUT2D eigenvalue weighted by molar-refractivity contribution is 8.67. The molecule has 0 fully saturated rings. The molecule has 4 heteroatoms. The fourth-order valence-electron chi connectivity index (χ4n) is 0.151. The first-order chi connectivity index (χ1) is 3.27. The van der Waals surface area contributed by atoms with Crippen LogP contribution in [-0.4, -0.2) is 14.5 Å². The van der Waals surface area contributed by atoms with Gasteiger partial charge in [-0.05, 0) is 6.42 Å². The Kier molecular flexibility index (Phi) is 4.92. The van der Waals surface area contributed by atoms with Crippen molar-refractivity contribution in [1.29, 1.82) is 0 Å². The summed E-state index contributed by atoms with van der Waals surface area (Å²) in [5.74, 6) is 0.704. The Bertz CT molecular complexity index is 64.0. The molecule has 0 aromatic rings. The second kappa shape index (κ2) is 4.61. The van der Waals surface area contributed by atoms with Crippen LogP contribution in [0.25, 0.3) is 0 Å². The number of hydrogen-bond donors (Lipinski definition) is 0. The monoisotopic (exact) mass is 139 g/mol. The summed E-state index contributed by atoms with van der Waals surface area (Å²) in [6, 6.07) is 0. The molecular formula is C3H7O2S2-. The van der Waals surface area contributed by atoms with Crippen molar-refractivity contribution in [1.82, 2.24) is 0 Å². The molecule has 0 radical (unpaired) electrons. The van der Waals surface area contributed by atoms with Gasteiger partial charge in [-0.15, -0.1) is 0 Å². The topological polar surface area (TPSA) is 40.1 Å². The first kappa shape index (κ1) is 7.46. The van der Waals surface area contributed by atoms with Crippen molar-refractivity contribution in [3.8, 4) is 0 Å². The largest absolute Gasteiger partial charge is 0.764 e. The van der Waals surface area contributed by atoms with Crippen LogP contribution in [0, 0.1) is 0 Å². The van der Waals surface area contributed by atoms with Gasteiger partial charge in [0.05, 0.1) is 0 Å². The van der Waals surface area contributed by atoms with Crippen LogP contribution in [0.4, 0.5) is 0 Å². The molecule has 0 saturated heterocycles. The van der Waals surface area contributed by atoms with Crippen LogP contribution >= 0.6 is 10.8 Å². The quantitative estimate of drug-likeness (QED) is 0.431. The van der Waals surface area contributed by atoms with E-state index >= 15 is 0 Å². The molecule has 0 aromatic carbocycles. The zero-order chi connectivity index (χ0) is 5.70. The smallest absolute Gasteiger partial charge is 0.00685 e. The lowest BCUT2D eigenvalue weighted by Crippen LogP contribution is -1.79. The van der Waals surface area contributed by atoms with Gasteiger partial charge in [-0.1, -0.05) is 17.7 Å². The van der Waals surface area contributed by atoms with Gasteiger partial charge >= 0.3 is 0 Å². The lowest BCUT2D eigenvalue weighted by atomic mass is 10.6. The lowest BCUT2D eigenvalue weighted by Gasteiger charge is -1.98. The summed E-state index contributed by atoms with van der Waals surface area (Å²) in [6.45, 7) is 1.94. The molecule has 44 valence electrons. The first-order valence-corrected chi connectivity index (χ1v) is 4.57. The summed E-state index contributed by atoms with van der Waals surface area (Å²) in [7, 11) is -0.951. The van der Waals surface area contributed by atoms with Crippen LogP contribution in [-0.2, 0) is 10.1 Å². The predicted molar refractivity (Wildman–Crippen MR) is 31.7 cm³/mol. The van der Waals surface area contributed by atoms with Gasteiger partial charge in [0.25, 0.3) is 0 Å². The summed E-state index contributed by atoms with van der Waals surface area (Å²) in [5.41, 5.74) is 0. The Hall–Kier alpha value is 0.460. The van der Waals surface area contributed by atoms with Crippen molar-refractivity contribution in [2.24, 2.45) is 0 Å². The van der Waals surface area contributed by atoms with Gasteiger partial charge in [0.1, 0.15) is 0 Å². The average Bonchev–Trinajstić information content (AvgIpc) is 1.61. The van der Waals surface area contributed by atoms with Crippen molar-refractivity contribution in [3.63, 3.8) is 0 Å². The molecule has 0 aliphatic heterocycles. The van der Waals surface area contributed by atoms with Gasteiger partial charge in [-0.2, -0.15) is 0 Å². The molecule has 0 aliphatic carbocycles. The molecule has 0 N–H and O–H groups in total. The lowest BCUT2D eigenvalue weighted by molar-refractivity contribution is 0.553. The van der Waals surface area contributed by atoms with E-state index in [0.717, 1.165) is 17.2 Å². The van der Waals surface area contributed by atoms with E-state index in [9.17, 15) is 8.76 Å². The summed E-state index contributed by atoms with van der Waals surface area (Å²) in [5, 5.41) is 0. The fraction of sp³-hybridized carbons (Fsp3) is 1.00. The third kappa shape index (κ3) is 6.46. The molecule has 0 aliphatic rings. The van der Waals surface area contributed by atoms with Crippen LogP contribution in [0.1, 0.15) is 13.3 Å². The van der Waals surface area contributed by atoms with Gasteiger partial charge in [0.2, 0.25) is 0 Å². The SMILES string of the molecule is CCCSS(=O)[O-]. The second-order valence-electron chi connectivity index (χ2n) is 1.03. The third-order valence-electron chi connectivity index (χ3n) is 0.384. The normalized spacial score (nSPS) is 14.0. The molecule has 7 heavy (non-hydrogen) atoms.